The molecule has 4 rings (SSSR count). The first-order valence-corrected chi connectivity index (χ1v) is 8.91. The van der Waals surface area contributed by atoms with Crippen LogP contribution in [0.4, 0.5) is 0 Å². The van der Waals surface area contributed by atoms with Crippen LogP contribution in [0.25, 0.3) is 16.9 Å². The Morgan fingerprint density at radius 1 is 0.962 bits per heavy atom. The van der Waals surface area contributed by atoms with E-state index in [-0.39, 0.29) is 11.9 Å². The summed E-state index contributed by atoms with van der Waals surface area (Å²) in [6.07, 6.45) is 1.79. The number of aliphatic hydroxyl groups is 2. The highest BCUT2D eigenvalue weighted by atomic mass is 16.3. The van der Waals surface area contributed by atoms with Crippen LogP contribution < -0.4 is 0 Å². The minimum absolute atomic E-state index is 0.208. The summed E-state index contributed by atoms with van der Waals surface area (Å²) in [4.78, 5) is 0. The van der Waals surface area contributed by atoms with Gasteiger partial charge in [-0.15, -0.1) is 0 Å². The molecule has 0 bridgehead atoms. The molecule has 134 valence electrons. The zero-order valence-electron chi connectivity index (χ0n) is 14.4. The van der Waals surface area contributed by atoms with Crippen molar-refractivity contribution in [3.8, 4) is 22.7 Å². The molecule has 3 N–H and O–H groups in total. The van der Waals surface area contributed by atoms with Crippen LogP contribution in [0.5, 0.6) is 5.75 Å². The van der Waals surface area contributed by atoms with Gasteiger partial charge < -0.3 is 15.3 Å². The van der Waals surface area contributed by atoms with Gasteiger partial charge in [0, 0.05) is 5.56 Å². The number of hydrogen-bond donors (Lipinski definition) is 3. The second-order valence-corrected chi connectivity index (χ2v) is 6.97. The van der Waals surface area contributed by atoms with E-state index in [2.05, 4.69) is 0 Å². The molecule has 3 aromatic rings. The van der Waals surface area contributed by atoms with Gasteiger partial charge in [-0.25, -0.2) is 4.68 Å². The monoisotopic (exact) mass is 350 g/mol. The maximum absolute atomic E-state index is 11.1. The van der Waals surface area contributed by atoms with Gasteiger partial charge in [-0.3, -0.25) is 0 Å². The lowest BCUT2D eigenvalue weighted by Gasteiger charge is -2.32. The van der Waals surface area contributed by atoms with E-state index in [0.29, 0.717) is 31.4 Å². The van der Waals surface area contributed by atoms with E-state index in [0.717, 1.165) is 16.9 Å². The summed E-state index contributed by atoms with van der Waals surface area (Å²) < 4.78 is 1.82. The molecule has 1 saturated carbocycles. The van der Waals surface area contributed by atoms with E-state index >= 15 is 0 Å². The van der Waals surface area contributed by atoms with E-state index in [1.54, 1.807) is 12.1 Å². The number of phenols is 1. The number of phenolic OH excluding ortho intramolecular Hbond substituents is 1. The number of para-hydroxylation sites is 1. The highest BCUT2D eigenvalue weighted by Gasteiger charge is 2.37. The first-order chi connectivity index (χ1) is 12.5. The third-order valence-corrected chi connectivity index (χ3v) is 5.13. The number of aromatic nitrogens is 2. The molecule has 0 amide bonds. The summed E-state index contributed by atoms with van der Waals surface area (Å²) in [5.41, 5.74) is 2.26. The second-order valence-electron chi connectivity index (χ2n) is 6.97. The Balaban J connectivity index is 1.81. The van der Waals surface area contributed by atoms with Crippen LogP contribution >= 0.6 is 0 Å². The summed E-state index contributed by atoms with van der Waals surface area (Å²) in [5.74, 6) is 0.208. The third-order valence-electron chi connectivity index (χ3n) is 5.13. The number of benzene rings is 2. The fourth-order valence-electron chi connectivity index (χ4n) is 3.55. The molecule has 0 spiro atoms. The highest BCUT2D eigenvalue weighted by molar-refractivity contribution is 5.64. The van der Waals surface area contributed by atoms with E-state index in [9.17, 15) is 15.3 Å². The molecule has 0 atom stereocenters. The van der Waals surface area contributed by atoms with Gasteiger partial charge in [0.2, 0.25) is 0 Å². The standard InChI is InChI=1S/C21H22N2O3/c24-17-8-6-15(7-9-17)19-14-20(21(26)12-10-18(25)11-13-21)22-23(19)16-4-2-1-3-5-16/h1-9,14,18,24-26H,10-13H2. The van der Waals surface area contributed by atoms with Crippen molar-refractivity contribution in [3.05, 3.63) is 66.4 Å². The maximum atomic E-state index is 11.1. The van der Waals surface area contributed by atoms with Crippen LogP contribution in [-0.4, -0.2) is 31.2 Å². The molecule has 1 heterocycles. The number of rotatable bonds is 3. The molecule has 0 saturated heterocycles. The predicted octanol–water partition coefficient (Wildman–Crippen LogP) is 3.37. The molecule has 0 unspecified atom stereocenters. The van der Waals surface area contributed by atoms with E-state index in [1.165, 1.54) is 0 Å². The molecule has 1 aliphatic carbocycles. The molecule has 1 aromatic heterocycles. The third kappa shape index (κ3) is 3.11. The fraction of sp³-hybridized carbons (Fsp3) is 0.286. The lowest BCUT2D eigenvalue weighted by atomic mass is 9.81. The van der Waals surface area contributed by atoms with Gasteiger partial charge in [0.1, 0.15) is 11.4 Å². The molecule has 1 aliphatic rings. The number of aromatic hydroxyl groups is 1. The molecule has 2 aromatic carbocycles. The minimum Gasteiger partial charge on any atom is -0.508 e. The van der Waals surface area contributed by atoms with E-state index in [4.69, 9.17) is 5.10 Å². The first-order valence-electron chi connectivity index (χ1n) is 8.91. The Hall–Kier alpha value is -2.63. The predicted molar refractivity (Wildman–Crippen MR) is 99.0 cm³/mol. The average Bonchev–Trinajstić information content (AvgIpc) is 3.12. The largest absolute Gasteiger partial charge is 0.508 e. The number of aliphatic hydroxyl groups excluding tert-OH is 1. The molecular formula is C21H22N2O3. The Labute approximate surface area is 152 Å². The van der Waals surface area contributed by atoms with Crippen molar-refractivity contribution in [1.82, 2.24) is 9.78 Å². The quantitative estimate of drug-likeness (QED) is 0.677. The zero-order chi connectivity index (χ0) is 18.1. The van der Waals surface area contributed by atoms with Gasteiger partial charge in [-0.05, 0) is 68.1 Å². The molecule has 0 radical (unpaired) electrons. The molecule has 5 nitrogen and oxygen atoms in total. The lowest BCUT2D eigenvalue weighted by Crippen LogP contribution is -2.33. The molecular weight excluding hydrogens is 328 g/mol. The zero-order valence-corrected chi connectivity index (χ0v) is 14.4. The van der Waals surface area contributed by atoms with E-state index in [1.807, 2.05) is 53.2 Å². The second kappa shape index (κ2) is 6.59. The van der Waals surface area contributed by atoms with Crippen LogP contribution in [0.2, 0.25) is 0 Å². The van der Waals surface area contributed by atoms with Crippen LogP contribution in [0.1, 0.15) is 31.4 Å². The van der Waals surface area contributed by atoms with Crippen LogP contribution in [0.15, 0.2) is 60.7 Å². The maximum Gasteiger partial charge on any atom is 0.115 e. The minimum atomic E-state index is -1.02. The van der Waals surface area contributed by atoms with Gasteiger partial charge >= 0.3 is 0 Å². The fourth-order valence-corrected chi connectivity index (χ4v) is 3.55. The summed E-state index contributed by atoms with van der Waals surface area (Å²) >= 11 is 0. The lowest BCUT2D eigenvalue weighted by molar-refractivity contribution is -0.0393. The Morgan fingerprint density at radius 2 is 1.62 bits per heavy atom. The Bertz CT molecular complexity index is 879. The summed E-state index contributed by atoms with van der Waals surface area (Å²) in [6, 6.07) is 18.7. The van der Waals surface area contributed by atoms with Crippen molar-refractivity contribution in [2.45, 2.75) is 37.4 Å². The Kier molecular flexibility index (Phi) is 4.26. The van der Waals surface area contributed by atoms with E-state index < -0.39 is 5.60 Å². The smallest absolute Gasteiger partial charge is 0.115 e. The topological polar surface area (TPSA) is 78.5 Å². The summed E-state index contributed by atoms with van der Waals surface area (Å²) in [7, 11) is 0. The number of nitrogens with zero attached hydrogens (tertiary/aromatic N) is 2. The summed E-state index contributed by atoms with van der Waals surface area (Å²) in [5, 5.41) is 35.2. The summed E-state index contributed by atoms with van der Waals surface area (Å²) in [6.45, 7) is 0. The van der Waals surface area contributed by atoms with Gasteiger partial charge in [0.15, 0.2) is 0 Å². The highest BCUT2D eigenvalue weighted by Crippen LogP contribution is 2.38. The molecule has 26 heavy (non-hydrogen) atoms. The molecule has 5 heteroatoms. The molecule has 1 fully saturated rings. The van der Waals surface area contributed by atoms with Crippen LogP contribution in [-0.2, 0) is 5.60 Å². The van der Waals surface area contributed by atoms with Crippen molar-refractivity contribution in [3.63, 3.8) is 0 Å². The van der Waals surface area contributed by atoms with Crippen molar-refractivity contribution < 1.29 is 15.3 Å². The van der Waals surface area contributed by atoms with Crippen molar-refractivity contribution in [2.24, 2.45) is 0 Å². The van der Waals surface area contributed by atoms with Crippen LogP contribution in [0, 0.1) is 0 Å². The Morgan fingerprint density at radius 3 is 2.27 bits per heavy atom. The average molecular weight is 350 g/mol. The first kappa shape index (κ1) is 16.8. The van der Waals surface area contributed by atoms with Gasteiger partial charge in [-0.1, -0.05) is 18.2 Å². The van der Waals surface area contributed by atoms with Crippen molar-refractivity contribution in [2.75, 3.05) is 0 Å². The normalized spacial score (nSPS) is 23.1. The van der Waals surface area contributed by atoms with Gasteiger partial charge in [0.05, 0.1) is 23.2 Å². The molecule has 0 aliphatic heterocycles. The van der Waals surface area contributed by atoms with Gasteiger partial charge in [0.25, 0.3) is 0 Å². The van der Waals surface area contributed by atoms with Crippen molar-refractivity contribution in [1.29, 1.82) is 0 Å². The van der Waals surface area contributed by atoms with Gasteiger partial charge in [-0.2, -0.15) is 5.10 Å². The SMILES string of the molecule is Oc1ccc(-c2cc(C3(O)CCC(O)CC3)nn2-c2ccccc2)cc1. The van der Waals surface area contributed by atoms with Crippen molar-refractivity contribution >= 4 is 0 Å². The number of hydrogen-bond acceptors (Lipinski definition) is 4. The van der Waals surface area contributed by atoms with Crippen LogP contribution in [0.3, 0.4) is 0 Å².